The van der Waals surface area contributed by atoms with E-state index in [-0.39, 0.29) is 5.57 Å². The fourth-order valence-electron chi connectivity index (χ4n) is 1.79. The van der Waals surface area contributed by atoms with Crippen LogP contribution in [-0.2, 0) is 0 Å². The predicted octanol–water partition coefficient (Wildman–Crippen LogP) is 2.09. The van der Waals surface area contributed by atoms with Crippen molar-refractivity contribution in [3.05, 3.63) is 34.9 Å². The van der Waals surface area contributed by atoms with Gasteiger partial charge in [0.2, 0.25) is 0 Å². The fourth-order valence-corrected chi connectivity index (χ4v) is 1.79. The third kappa shape index (κ3) is 1.17. The zero-order chi connectivity index (χ0) is 9.42. The molecule has 1 fully saturated rings. The lowest BCUT2D eigenvalue weighted by Crippen LogP contribution is -1.80. The highest BCUT2D eigenvalue weighted by atomic mass is 14.5. The lowest BCUT2D eigenvalue weighted by Gasteiger charge is -1.89. The summed E-state index contributed by atoms with van der Waals surface area (Å²) >= 11 is 0. The minimum absolute atomic E-state index is 0.228. The van der Waals surface area contributed by atoms with Gasteiger partial charge in [-0.2, -0.15) is 10.5 Å². The normalized spacial score (nSPS) is 27.6. The first-order chi connectivity index (χ1) is 6.26. The summed E-state index contributed by atoms with van der Waals surface area (Å²) in [5.74, 6) is 0.815. The van der Waals surface area contributed by atoms with E-state index in [0.29, 0.717) is 11.8 Å². The zero-order valence-corrected chi connectivity index (χ0v) is 7.28. The molecule has 62 valence electrons. The van der Waals surface area contributed by atoms with Crippen LogP contribution in [0.5, 0.6) is 0 Å². The van der Waals surface area contributed by atoms with E-state index in [1.54, 1.807) is 6.08 Å². The summed E-state index contributed by atoms with van der Waals surface area (Å²) in [5.41, 5.74) is 2.87. The summed E-state index contributed by atoms with van der Waals surface area (Å²) in [5, 5.41) is 17.1. The van der Waals surface area contributed by atoms with E-state index >= 15 is 0 Å². The standard InChI is InChI=1S/C11H8N2/c1-7-2-9-10(3-7)11(9)4-8(5-12)6-13/h2-4,9,11H,1H3. The molecule has 0 radical (unpaired) electrons. The summed E-state index contributed by atoms with van der Waals surface area (Å²) in [7, 11) is 0. The first kappa shape index (κ1) is 7.83. The Morgan fingerprint density at radius 3 is 2.62 bits per heavy atom. The van der Waals surface area contributed by atoms with Crippen LogP contribution in [0.15, 0.2) is 34.9 Å². The zero-order valence-electron chi connectivity index (χ0n) is 7.28. The fraction of sp³-hybridized carbons (Fsp3) is 0.273. The summed E-state index contributed by atoms with van der Waals surface area (Å²) in [6.45, 7) is 2.06. The van der Waals surface area contributed by atoms with Gasteiger partial charge in [0.25, 0.3) is 0 Å². The molecule has 2 rings (SSSR count). The SMILES string of the molecule is CC1=CC2C(=C1)C2C=C(C#N)C#N. The predicted molar refractivity (Wildman–Crippen MR) is 48.1 cm³/mol. The van der Waals surface area contributed by atoms with Crippen LogP contribution in [0.2, 0.25) is 0 Å². The lowest BCUT2D eigenvalue weighted by atomic mass is 10.1. The van der Waals surface area contributed by atoms with Crippen LogP contribution >= 0.6 is 0 Å². The molecule has 0 N–H and O–H groups in total. The van der Waals surface area contributed by atoms with Gasteiger partial charge in [0.15, 0.2) is 0 Å². The van der Waals surface area contributed by atoms with Gasteiger partial charge in [0.05, 0.1) is 0 Å². The van der Waals surface area contributed by atoms with Gasteiger partial charge >= 0.3 is 0 Å². The van der Waals surface area contributed by atoms with Crippen molar-refractivity contribution in [2.45, 2.75) is 6.92 Å². The largest absolute Gasteiger partial charge is 0.192 e. The Hall–Kier alpha value is -1.80. The topological polar surface area (TPSA) is 47.6 Å². The van der Waals surface area contributed by atoms with E-state index in [1.165, 1.54) is 11.1 Å². The molecule has 0 aromatic carbocycles. The van der Waals surface area contributed by atoms with E-state index < -0.39 is 0 Å². The highest BCUT2D eigenvalue weighted by molar-refractivity contribution is 5.53. The molecular weight excluding hydrogens is 160 g/mol. The number of fused-ring (bicyclic) bond motifs is 1. The molecule has 0 aliphatic heterocycles. The lowest BCUT2D eigenvalue weighted by molar-refractivity contribution is 0.982. The van der Waals surface area contributed by atoms with E-state index in [2.05, 4.69) is 19.1 Å². The number of allylic oxidation sites excluding steroid dienone is 6. The molecule has 0 amide bonds. The highest BCUT2D eigenvalue weighted by Gasteiger charge is 2.43. The Kier molecular flexibility index (Phi) is 1.57. The van der Waals surface area contributed by atoms with Crippen molar-refractivity contribution in [2.24, 2.45) is 11.8 Å². The number of nitriles is 2. The third-order valence-electron chi connectivity index (χ3n) is 2.47. The summed E-state index contributed by atoms with van der Waals surface area (Å²) in [6.07, 6.45) is 6.08. The van der Waals surface area contributed by atoms with Crippen molar-refractivity contribution >= 4 is 0 Å². The molecule has 2 atom stereocenters. The molecular formula is C11H8N2. The number of hydrogen-bond donors (Lipinski definition) is 0. The van der Waals surface area contributed by atoms with Crippen molar-refractivity contribution in [3.63, 3.8) is 0 Å². The molecule has 2 aliphatic rings. The van der Waals surface area contributed by atoms with E-state index in [1.807, 2.05) is 12.1 Å². The number of nitrogens with zero attached hydrogens (tertiary/aromatic N) is 2. The molecule has 2 aliphatic carbocycles. The van der Waals surface area contributed by atoms with Gasteiger partial charge in [0, 0.05) is 11.8 Å². The maximum atomic E-state index is 8.54. The second-order valence-electron chi connectivity index (χ2n) is 3.41. The Labute approximate surface area is 77.1 Å². The first-order valence-corrected chi connectivity index (χ1v) is 4.18. The van der Waals surface area contributed by atoms with Crippen molar-refractivity contribution in [1.82, 2.24) is 0 Å². The number of hydrogen-bond acceptors (Lipinski definition) is 2. The van der Waals surface area contributed by atoms with Crippen LogP contribution in [0.1, 0.15) is 6.92 Å². The van der Waals surface area contributed by atoms with E-state index in [9.17, 15) is 0 Å². The molecule has 2 nitrogen and oxygen atoms in total. The van der Waals surface area contributed by atoms with Crippen LogP contribution in [0.3, 0.4) is 0 Å². The molecule has 1 saturated carbocycles. The minimum Gasteiger partial charge on any atom is -0.192 e. The quantitative estimate of drug-likeness (QED) is 0.563. The third-order valence-corrected chi connectivity index (χ3v) is 2.47. The Balaban J connectivity index is 2.13. The second-order valence-corrected chi connectivity index (χ2v) is 3.41. The average molecular weight is 168 g/mol. The van der Waals surface area contributed by atoms with Crippen LogP contribution in [0.4, 0.5) is 0 Å². The van der Waals surface area contributed by atoms with Gasteiger partial charge in [0.1, 0.15) is 17.7 Å². The molecule has 0 bridgehead atoms. The van der Waals surface area contributed by atoms with Gasteiger partial charge in [-0.25, -0.2) is 0 Å². The van der Waals surface area contributed by atoms with Gasteiger partial charge in [-0.1, -0.05) is 23.3 Å². The van der Waals surface area contributed by atoms with Crippen LogP contribution < -0.4 is 0 Å². The first-order valence-electron chi connectivity index (χ1n) is 4.18. The molecule has 0 saturated heterocycles. The van der Waals surface area contributed by atoms with E-state index in [4.69, 9.17) is 10.5 Å². The summed E-state index contributed by atoms with van der Waals surface area (Å²) in [4.78, 5) is 0. The maximum Gasteiger partial charge on any atom is 0.126 e. The molecule has 0 aromatic rings. The van der Waals surface area contributed by atoms with Gasteiger partial charge in [-0.05, 0) is 13.0 Å². The smallest absolute Gasteiger partial charge is 0.126 e. The average Bonchev–Trinajstić information content (AvgIpc) is 2.59. The van der Waals surface area contributed by atoms with Crippen LogP contribution in [0.25, 0.3) is 0 Å². The molecule has 0 heterocycles. The van der Waals surface area contributed by atoms with Crippen molar-refractivity contribution < 1.29 is 0 Å². The monoisotopic (exact) mass is 168 g/mol. The molecule has 0 aromatic heterocycles. The molecule has 2 heteroatoms. The Morgan fingerprint density at radius 2 is 2.15 bits per heavy atom. The summed E-state index contributed by atoms with van der Waals surface area (Å²) < 4.78 is 0. The number of rotatable bonds is 1. The molecule has 2 unspecified atom stereocenters. The minimum atomic E-state index is 0.228. The van der Waals surface area contributed by atoms with Gasteiger partial charge in [-0.3, -0.25) is 0 Å². The van der Waals surface area contributed by atoms with Gasteiger partial charge < -0.3 is 0 Å². The second kappa shape index (κ2) is 2.61. The van der Waals surface area contributed by atoms with Crippen molar-refractivity contribution in [3.8, 4) is 12.1 Å². The Morgan fingerprint density at radius 1 is 1.46 bits per heavy atom. The van der Waals surface area contributed by atoms with E-state index in [0.717, 1.165) is 0 Å². The molecule has 0 spiro atoms. The Bertz CT molecular complexity index is 408. The highest BCUT2D eigenvalue weighted by Crippen LogP contribution is 2.52. The molecule has 13 heavy (non-hydrogen) atoms. The van der Waals surface area contributed by atoms with Crippen LogP contribution in [0, 0.1) is 34.5 Å². The van der Waals surface area contributed by atoms with Gasteiger partial charge in [-0.15, -0.1) is 0 Å². The van der Waals surface area contributed by atoms with Crippen LogP contribution in [-0.4, -0.2) is 0 Å². The maximum absolute atomic E-state index is 8.54. The summed E-state index contributed by atoms with van der Waals surface area (Å²) in [6, 6.07) is 3.75. The van der Waals surface area contributed by atoms with Crippen molar-refractivity contribution in [2.75, 3.05) is 0 Å². The van der Waals surface area contributed by atoms with Crippen molar-refractivity contribution in [1.29, 1.82) is 10.5 Å².